The lowest BCUT2D eigenvalue weighted by molar-refractivity contribution is 0.196. The Kier molecular flexibility index (Phi) is 5.15. The Labute approximate surface area is 109 Å². The van der Waals surface area contributed by atoms with Gasteiger partial charge in [0.25, 0.3) is 0 Å². The van der Waals surface area contributed by atoms with Crippen molar-refractivity contribution in [3.8, 4) is 0 Å². The molecular formula is C14H26BrN. The fraction of sp³-hybridized carbons (Fsp3) is 1.00. The van der Waals surface area contributed by atoms with Crippen LogP contribution in [0.15, 0.2) is 0 Å². The zero-order valence-corrected chi connectivity index (χ0v) is 12.2. The molecule has 0 amide bonds. The molecule has 0 spiro atoms. The summed E-state index contributed by atoms with van der Waals surface area (Å²) in [6.07, 6.45) is 8.86. The molecule has 2 fully saturated rings. The van der Waals surface area contributed by atoms with E-state index in [2.05, 4.69) is 27.8 Å². The summed E-state index contributed by atoms with van der Waals surface area (Å²) < 4.78 is 0. The number of rotatable bonds is 7. The van der Waals surface area contributed by atoms with Gasteiger partial charge in [-0.05, 0) is 50.0 Å². The molecule has 3 atom stereocenters. The van der Waals surface area contributed by atoms with E-state index in [0.717, 1.165) is 23.1 Å². The van der Waals surface area contributed by atoms with Gasteiger partial charge in [0, 0.05) is 18.4 Å². The molecule has 0 heterocycles. The topological polar surface area (TPSA) is 3.24 Å². The zero-order valence-electron chi connectivity index (χ0n) is 10.6. The van der Waals surface area contributed by atoms with E-state index in [4.69, 9.17) is 0 Å². The van der Waals surface area contributed by atoms with Gasteiger partial charge in [0.2, 0.25) is 0 Å². The molecule has 2 aliphatic rings. The van der Waals surface area contributed by atoms with Gasteiger partial charge in [0.15, 0.2) is 0 Å². The second kappa shape index (κ2) is 6.39. The highest BCUT2D eigenvalue weighted by molar-refractivity contribution is 9.09. The van der Waals surface area contributed by atoms with Crippen molar-refractivity contribution < 1.29 is 0 Å². The Bertz CT molecular complexity index is 207. The highest BCUT2D eigenvalue weighted by Gasteiger charge is 2.39. The van der Waals surface area contributed by atoms with Crippen molar-refractivity contribution in [3.05, 3.63) is 0 Å². The van der Waals surface area contributed by atoms with Crippen LogP contribution in [0, 0.1) is 17.8 Å². The fourth-order valence-electron chi connectivity index (χ4n) is 3.73. The number of hydrogen-bond donors (Lipinski definition) is 0. The maximum absolute atomic E-state index is 3.59. The molecule has 2 saturated carbocycles. The second-order valence-electron chi connectivity index (χ2n) is 5.78. The third-order valence-electron chi connectivity index (χ3n) is 4.61. The van der Waals surface area contributed by atoms with Gasteiger partial charge in [0.05, 0.1) is 0 Å². The molecule has 0 aromatic carbocycles. The van der Waals surface area contributed by atoms with Crippen molar-refractivity contribution in [2.45, 2.75) is 45.4 Å². The summed E-state index contributed by atoms with van der Waals surface area (Å²) in [4.78, 5) is 2.70. The molecule has 3 unspecified atom stereocenters. The number of hydrogen-bond acceptors (Lipinski definition) is 1. The second-order valence-corrected chi connectivity index (χ2v) is 6.57. The number of unbranched alkanes of at least 4 members (excludes halogenated alkanes) is 1. The van der Waals surface area contributed by atoms with Crippen LogP contribution in [0.5, 0.6) is 0 Å². The molecule has 16 heavy (non-hydrogen) atoms. The minimum absolute atomic E-state index is 1.04. The number of fused-ring (bicyclic) bond motifs is 2. The highest BCUT2D eigenvalue weighted by atomic mass is 79.9. The van der Waals surface area contributed by atoms with E-state index in [0.29, 0.717) is 0 Å². The van der Waals surface area contributed by atoms with Crippen molar-refractivity contribution in [2.75, 3.05) is 25.0 Å². The van der Waals surface area contributed by atoms with Gasteiger partial charge >= 0.3 is 0 Å². The van der Waals surface area contributed by atoms with Gasteiger partial charge in [-0.15, -0.1) is 0 Å². The maximum atomic E-state index is 3.59. The van der Waals surface area contributed by atoms with Crippen molar-refractivity contribution in [3.63, 3.8) is 0 Å². The SMILES string of the molecule is CCCCN(CCBr)CC1CC2CCC1C2. The summed E-state index contributed by atoms with van der Waals surface area (Å²) in [5, 5.41) is 1.14. The van der Waals surface area contributed by atoms with Crippen molar-refractivity contribution in [2.24, 2.45) is 17.8 Å². The van der Waals surface area contributed by atoms with Crippen LogP contribution in [0.3, 0.4) is 0 Å². The van der Waals surface area contributed by atoms with Gasteiger partial charge in [-0.1, -0.05) is 35.7 Å². The van der Waals surface area contributed by atoms with E-state index in [9.17, 15) is 0 Å². The molecule has 0 radical (unpaired) electrons. The quantitative estimate of drug-likeness (QED) is 0.642. The fourth-order valence-corrected chi connectivity index (χ4v) is 4.23. The van der Waals surface area contributed by atoms with Gasteiger partial charge in [-0.25, -0.2) is 0 Å². The van der Waals surface area contributed by atoms with Crippen LogP contribution < -0.4 is 0 Å². The molecule has 0 aromatic rings. The van der Waals surface area contributed by atoms with Crippen LogP contribution in [0.4, 0.5) is 0 Å². The van der Waals surface area contributed by atoms with Crippen LogP contribution >= 0.6 is 15.9 Å². The van der Waals surface area contributed by atoms with Crippen LogP contribution in [-0.2, 0) is 0 Å². The Morgan fingerprint density at radius 2 is 2.06 bits per heavy atom. The monoisotopic (exact) mass is 287 g/mol. The summed E-state index contributed by atoms with van der Waals surface area (Å²) >= 11 is 3.59. The van der Waals surface area contributed by atoms with Crippen molar-refractivity contribution in [1.29, 1.82) is 0 Å². The minimum atomic E-state index is 1.04. The molecule has 0 aliphatic heterocycles. The smallest absolute Gasteiger partial charge is 0.0159 e. The average Bonchev–Trinajstić information content (AvgIpc) is 2.88. The first-order valence-corrected chi connectivity index (χ1v) is 8.24. The molecule has 0 saturated heterocycles. The Balaban J connectivity index is 1.76. The predicted molar refractivity (Wildman–Crippen MR) is 74.1 cm³/mol. The summed E-state index contributed by atoms with van der Waals surface area (Å²) in [5.41, 5.74) is 0. The van der Waals surface area contributed by atoms with E-state index in [1.54, 1.807) is 6.42 Å². The molecule has 0 N–H and O–H groups in total. The van der Waals surface area contributed by atoms with Crippen LogP contribution in [0.25, 0.3) is 0 Å². The molecule has 2 aliphatic carbocycles. The predicted octanol–water partition coefficient (Wildman–Crippen LogP) is 3.92. The number of nitrogens with zero attached hydrogens (tertiary/aromatic N) is 1. The minimum Gasteiger partial charge on any atom is -0.302 e. The highest BCUT2D eigenvalue weighted by Crippen LogP contribution is 2.48. The van der Waals surface area contributed by atoms with Crippen molar-refractivity contribution in [1.82, 2.24) is 4.90 Å². The summed E-state index contributed by atoms with van der Waals surface area (Å²) in [5.74, 6) is 3.23. The van der Waals surface area contributed by atoms with Gasteiger partial charge in [-0.3, -0.25) is 0 Å². The normalized spacial score (nSPS) is 32.8. The van der Waals surface area contributed by atoms with Crippen LogP contribution in [-0.4, -0.2) is 29.9 Å². The largest absolute Gasteiger partial charge is 0.302 e. The summed E-state index contributed by atoms with van der Waals surface area (Å²) in [6, 6.07) is 0. The first kappa shape index (κ1) is 12.9. The zero-order chi connectivity index (χ0) is 11.4. The number of halogens is 1. The average molecular weight is 288 g/mol. The first-order chi connectivity index (χ1) is 7.83. The van der Waals surface area contributed by atoms with E-state index < -0.39 is 0 Å². The molecule has 2 rings (SSSR count). The number of alkyl halides is 1. The molecule has 2 bridgehead atoms. The molecule has 0 aromatic heterocycles. The molecular weight excluding hydrogens is 262 g/mol. The molecule has 94 valence electrons. The lowest BCUT2D eigenvalue weighted by atomic mass is 9.88. The van der Waals surface area contributed by atoms with E-state index in [1.165, 1.54) is 51.7 Å². The van der Waals surface area contributed by atoms with Crippen LogP contribution in [0.2, 0.25) is 0 Å². The molecule has 1 nitrogen and oxygen atoms in total. The Morgan fingerprint density at radius 3 is 2.62 bits per heavy atom. The van der Waals surface area contributed by atoms with Crippen LogP contribution in [0.1, 0.15) is 45.4 Å². The van der Waals surface area contributed by atoms with E-state index in [-0.39, 0.29) is 0 Å². The Morgan fingerprint density at radius 1 is 1.19 bits per heavy atom. The summed E-state index contributed by atoms with van der Waals surface area (Å²) in [6.45, 7) is 6.24. The first-order valence-electron chi connectivity index (χ1n) is 7.11. The third kappa shape index (κ3) is 3.22. The van der Waals surface area contributed by atoms with Gasteiger partial charge in [-0.2, -0.15) is 0 Å². The lowest BCUT2D eigenvalue weighted by Crippen LogP contribution is -2.34. The van der Waals surface area contributed by atoms with Gasteiger partial charge in [0.1, 0.15) is 0 Å². The maximum Gasteiger partial charge on any atom is 0.0159 e. The molecule has 2 heteroatoms. The van der Waals surface area contributed by atoms with E-state index >= 15 is 0 Å². The standard InChI is InChI=1S/C14H26BrN/c1-2-3-7-16(8-6-15)11-14-10-12-4-5-13(14)9-12/h12-14H,2-11H2,1H3. The lowest BCUT2D eigenvalue weighted by Gasteiger charge is -2.29. The summed E-state index contributed by atoms with van der Waals surface area (Å²) in [7, 11) is 0. The van der Waals surface area contributed by atoms with E-state index in [1.807, 2.05) is 0 Å². The Hall–Kier alpha value is 0.440. The van der Waals surface area contributed by atoms with Gasteiger partial charge < -0.3 is 4.90 Å². The third-order valence-corrected chi connectivity index (χ3v) is 4.96. The van der Waals surface area contributed by atoms with Crippen molar-refractivity contribution >= 4 is 15.9 Å².